The van der Waals surface area contributed by atoms with Crippen LogP contribution in [-0.2, 0) is 4.79 Å². The van der Waals surface area contributed by atoms with Gasteiger partial charge in [0.05, 0.1) is 5.76 Å². The number of allylic oxidation sites excluding steroid dienone is 2. The molecule has 2 unspecified atom stereocenters. The van der Waals surface area contributed by atoms with Gasteiger partial charge in [-0.05, 0) is 11.8 Å². The molecule has 2 atom stereocenters. The maximum Gasteiger partial charge on any atom is 0.159 e. The molecule has 1 N–H and O–H groups in total. The van der Waals surface area contributed by atoms with Gasteiger partial charge in [0, 0.05) is 18.9 Å². The maximum absolute atomic E-state index is 11.1. The van der Waals surface area contributed by atoms with E-state index in [1.165, 1.54) is 6.08 Å². The molecule has 0 amide bonds. The van der Waals surface area contributed by atoms with E-state index < -0.39 is 0 Å². The van der Waals surface area contributed by atoms with Crippen molar-refractivity contribution in [2.75, 3.05) is 0 Å². The molecule has 1 aliphatic carbocycles. The summed E-state index contributed by atoms with van der Waals surface area (Å²) in [6.45, 7) is 4.25. The second kappa shape index (κ2) is 3.74. The Balaban J connectivity index is 2.61. The molecular weight excluding hydrogens is 152 g/mol. The van der Waals surface area contributed by atoms with Crippen LogP contribution in [0.3, 0.4) is 0 Å². The number of carbonyl (C=O) groups is 1. The van der Waals surface area contributed by atoms with Crippen LogP contribution in [0.5, 0.6) is 0 Å². The Morgan fingerprint density at radius 1 is 1.67 bits per heavy atom. The van der Waals surface area contributed by atoms with Gasteiger partial charge in [0.2, 0.25) is 0 Å². The molecule has 0 saturated heterocycles. The summed E-state index contributed by atoms with van der Waals surface area (Å²) in [5.41, 5.74) is 0. The molecule has 0 heterocycles. The van der Waals surface area contributed by atoms with Gasteiger partial charge in [-0.25, -0.2) is 0 Å². The van der Waals surface area contributed by atoms with Crippen LogP contribution in [0.2, 0.25) is 0 Å². The number of ketones is 1. The molecule has 1 aliphatic rings. The van der Waals surface area contributed by atoms with E-state index in [1.54, 1.807) is 0 Å². The molecule has 0 aromatic carbocycles. The van der Waals surface area contributed by atoms with Crippen molar-refractivity contribution in [2.24, 2.45) is 11.8 Å². The predicted molar refractivity (Wildman–Crippen MR) is 47.9 cm³/mol. The van der Waals surface area contributed by atoms with Crippen molar-refractivity contribution in [2.45, 2.75) is 33.1 Å². The van der Waals surface area contributed by atoms with Gasteiger partial charge >= 0.3 is 0 Å². The minimum atomic E-state index is 0.0732. The summed E-state index contributed by atoms with van der Waals surface area (Å²) >= 11 is 0. The van der Waals surface area contributed by atoms with Crippen molar-refractivity contribution >= 4 is 5.78 Å². The van der Waals surface area contributed by atoms with Crippen LogP contribution < -0.4 is 0 Å². The van der Waals surface area contributed by atoms with Crippen molar-refractivity contribution < 1.29 is 9.90 Å². The third-order valence-corrected chi connectivity index (χ3v) is 2.71. The van der Waals surface area contributed by atoms with Gasteiger partial charge in [0.25, 0.3) is 0 Å². The van der Waals surface area contributed by atoms with E-state index in [-0.39, 0.29) is 11.5 Å². The lowest BCUT2D eigenvalue weighted by atomic mass is 9.81. The third kappa shape index (κ3) is 2.10. The van der Waals surface area contributed by atoms with Crippen LogP contribution in [0, 0.1) is 11.8 Å². The van der Waals surface area contributed by atoms with E-state index in [0.717, 1.165) is 6.42 Å². The van der Waals surface area contributed by atoms with E-state index >= 15 is 0 Å². The quantitative estimate of drug-likeness (QED) is 0.687. The van der Waals surface area contributed by atoms with Gasteiger partial charge in [-0.3, -0.25) is 4.79 Å². The second-order valence-electron chi connectivity index (χ2n) is 3.66. The first-order chi connectivity index (χ1) is 5.63. The Labute approximate surface area is 73.3 Å². The predicted octanol–water partition coefficient (Wildman–Crippen LogP) is 2.45. The van der Waals surface area contributed by atoms with Gasteiger partial charge in [0.15, 0.2) is 5.78 Å². The number of rotatable bonds is 2. The monoisotopic (exact) mass is 168 g/mol. The third-order valence-electron chi connectivity index (χ3n) is 2.71. The smallest absolute Gasteiger partial charge is 0.159 e. The summed E-state index contributed by atoms with van der Waals surface area (Å²) in [6, 6.07) is 0. The van der Waals surface area contributed by atoms with E-state index in [9.17, 15) is 9.90 Å². The SMILES string of the molecule is CCC(C)C1CC(=O)C=C(O)C1. The van der Waals surface area contributed by atoms with Crippen molar-refractivity contribution in [3.05, 3.63) is 11.8 Å². The molecule has 0 aliphatic heterocycles. The molecule has 12 heavy (non-hydrogen) atoms. The minimum absolute atomic E-state index is 0.0732. The van der Waals surface area contributed by atoms with Crippen LogP contribution in [-0.4, -0.2) is 10.9 Å². The fourth-order valence-electron chi connectivity index (χ4n) is 1.64. The topological polar surface area (TPSA) is 37.3 Å². The highest BCUT2D eigenvalue weighted by Gasteiger charge is 2.23. The average Bonchev–Trinajstić information content (AvgIpc) is 2.01. The van der Waals surface area contributed by atoms with Gasteiger partial charge in [0.1, 0.15) is 0 Å². The molecule has 0 saturated carbocycles. The molecule has 0 radical (unpaired) electrons. The molecule has 0 aromatic heterocycles. The molecule has 0 bridgehead atoms. The highest BCUT2D eigenvalue weighted by Crippen LogP contribution is 2.28. The van der Waals surface area contributed by atoms with E-state index in [0.29, 0.717) is 24.7 Å². The second-order valence-corrected chi connectivity index (χ2v) is 3.66. The molecular formula is C10H16O2. The summed E-state index contributed by atoms with van der Waals surface area (Å²) in [4.78, 5) is 11.1. The van der Waals surface area contributed by atoms with Crippen molar-refractivity contribution in [1.29, 1.82) is 0 Å². The molecule has 2 nitrogen and oxygen atoms in total. The van der Waals surface area contributed by atoms with Crippen LogP contribution in [0.25, 0.3) is 0 Å². The number of aliphatic hydroxyl groups is 1. The largest absolute Gasteiger partial charge is 0.512 e. The summed E-state index contributed by atoms with van der Waals surface area (Å²) < 4.78 is 0. The molecule has 0 aromatic rings. The standard InChI is InChI=1S/C10H16O2/c1-3-7(2)8-4-9(11)6-10(12)5-8/h6-8,11H,3-5H2,1-2H3. The zero-order valence-corrected chi connectivity index (χ0v) is 7.71. The highest BCUT2D eigenvalue weighted by atomic mass is 16.3. The van der Waals surface area contributed by atoms with Crippen molar-refractivity contribution in [3.8, 4) is 0 Å². The number of hydrogen-bond donors (Lipinski definition) is 1. The number of carbonyl (C=O) groups excluding carboxylic acids is 1. The first-order valence-corrected chi connectivity index (χ1v) is 4.55. The van der Waals surface area contributed by atoms with Gasteiger partial charge < -0.3 is 5.11 Å². The Kier molecular flexibility index (Phi) is 2.90. The lowest BCUT2D eigenvalue weighted by Gasteiger charge is -2.24. The minimum Gasteiger partial charge on any atom is -0.512 e. The zero-order chi connectivity index (χ0) is 9.14. The van der Waals surface area contributed by atoms with Crippen LogP contribution in [0.4, 0.5) is 0 Å². The van der Waals surface area contributed by atoms with Gasteiger partial charge in [-0.1, -0.05) is 20.3 Å². The van der Waals surface area contributed by atoms with Gasteiger partial charge in [-0.2, -0.15) is 0 Å². The van der Waals surface area contributed by atoms with Crippen LogP contribution >= 0.6 is 0 Å². The van der Waals surface area contributed by atoms with Gasteiger partial charge in [-0.15, -0.1) is 0 Å². The fraction of sp³-hybridized carbons (Fsp3) is 0.700. The Bertz CT molecular complexity index is 206. The van der Waals surface area contributed by atoms with E-state index in [1.807, 2.05) is 0 Å². The Morgan fingerprint density at radius 2 is 2.33 bits per heavy atom. The molecule has 0 fully saturated rings. The first-order valence-electron chi connectivity index (χ1n) is 4.55. The summed E-state index contributed by atoms with van der Waals surface area (Å²) in [5, 5.41) is 9.23. The summed E-state index contributed by atoms with van der Waals surface area (Å²) in [7, 11) is 0. The van der Waals surface area contributed by atoms with E-state index in [2.05, 4.69) is 13.8 Å². The highest BCUT2D eigenvalue weighted by molar-refractivity contribution is 5.91. The molecule has 68 valence electrons. The molecule has 1 rings (SSSR count). The lowest BCUT2D eigenvalue weighted by molar-refractivity contribution is -0.116. The Hall–Kier alpha value is -0.790. The number of hydrogen-bond acceptors (Lipinski definition) is 2. The maximum atomic E-state index is 11.1. The van der Waals surface area contributed by atoms with Crippen molar-refractivity contribution in [3.63, 3.8) is 0 Å². The summed E-state index contributed by atoms with van der Waals surface area (Å²) in [6.07, 6.45) is 3.73. The normalized spacial score (nSPS) is 26.7. The van der Waals surface area contributed by atoms with Crippen LogP contribution in [0.1, 0.15) is 33.1 Å². The fourth-order valence-corrected chi connectivity index (χ4v) is 1.64. The van der Waals surface area contributed by atoms with E-state index in [4.69, 9.17) is 0 Å². The molecule has 2 heteroatoms. The zero-order valence-electron chi connectivity index (χ0n) is 7.71. The number of aliphatic hydroxyl groups excluding tert-OH is 1. The van der Waals surface area contributed by atoms with Crippen molar-refractivity contribution in [1.82, 2.24) is 0 Å². The summed E-state index contributed by atoms with van der Waals surface area (Å²) in [5.74, 6) is 1.22. The van der Waals surface area contributed by atoms with Crippen LogP contribution in [0.15, 0.2) is 11.8 Å². The average molecular weight is 168 g/mol. The first kappa shape index (κ1) is 9.30. The molecule has 0 spiro atoms. The lowest BCUT2D eigenvalue weighted by Crippen LogP contribution is -2.19. The Morgan fingerprint density at radius 3 is 2.83 bits per heavy atom.